The normalized spacial score (nSPS) is 22.0. The maximum Gasteiger partial charge on any atom is 0.238 e. The molecule has 124 valence electrons. The number of aromatic nitrogens is 2. The van der Waals surface area contributed by atoms with Crippen molar-refractivity contribution in [1.29, 1.82) is 0 Å². The first-order valence-corrected chi connectivity index (χ1v) is 9.80. The molecule has 2 unspecified atom stereocenters. The molecule has 0 spiro atoms. The zero-order valence-electron chi connectivity index (χ0n) is 12.4. The van der Waals surface area contributed by atoms with Crippen LogP contribution in [0.5, 0.6) is 0 Å². The van der Waals surface area contributed by atoms with Crippen LogP contribution in [-0.4, -0.2) is 34.7 Å². The smallest absolute Gasteiger partial charge is 0.238 e. The fourth-order valence-electron chi connectivity index (χ4n) is 2.86. The molecule has 0 amide bonds. The summed E-state index contributed by atoms with van der Waals surface area (Å²) in [5, 5.41) is 13.4. The molecule has 6 nitrogen and oxygen atoms in total. The van der Waals surface area contributed by atoms with Crippen LogP contribution >= 0.6 is 15.9 Å². The molecule has 0 bridgehead atoms. The Hall–Kier alpha value is -1.38. The highest BCUT2D eigenvalue weighted by Gasteiger charge is 2.34. The summed E-state index contributed by atoms with van der Waals surface area (Å²) in [6, 6.07) is 7.06. The van der Waals surface area contributed by atoms with Crippen molar-refractivity contribution in [2.24, 2.45) is 0 Å². The van der Waals surface area contributed by atoms with Gasteiger partial charge < -0.3 is 5.11 Å². The Bertz CT molecular complexity index is 791. The third-order valence-corrected chi connectivity index (χ3v) is 6.28. The van der Waals surface area contributed by atoms with Gasteiger partial charge in [-0.15, -0.1) is 0 Å². The highest BCUT2D eigenvalue weighted by molar-refractivity contribution is 9.10. The number of nitrogens with zero attached hydrogens (tertiary/aromatic N) is 2. The SMILES string of the molecule is O=S(=O)(Nc1ccccc1-n1cc(Br)cn1)C1CCCCC1O. The highest BCUT2D eigenvalue weighted by atomic mass is 79.9. The minimum Gasteiger partial charge on any atom is -0.392 e. The molecule has 2 atom stereocenters. The van der Waals surface area contributed by atoms with Gasteiger partial charge in [-0.25, -0.2) is 13.1 Å². The van der Waals surface area contributed by atoms with Crippen molar-refractivity contribution in [3.05, 3.63) is 41.1 Å². The monoisotopic (exact) mass is 399 g/mol. The van der Waals surface area contributed by atoms with E-state index >= 15 is 0 Å². The number of halogens is 1. The molecule has 3 rings (SSSR count). The number of nitrogens with one attached hydrogen (secondary N) is 1. The summed E-state index contributed by atoms with van der Waals surface area (Å²) in [5.41, 5.74) is 1.08. The van der Waals surface area contributed by atoms with Gasteiger partial charge in [0.2, 0.25) is 10.0 Å². The average molecular weight is 400 g/mol. The largest absolute Gasteiger partial charge is 0.392 e. The van der Waals surface area contributed by atoms with Crippen molar-refractivity contribution in [2.75, 3.05) is 4.72 Å². The number of benzene rings is 1. The van der Waals surface area contributed by atoms with E-state index in [4.69, 9.17) is 0 Å². The Morgan fingerprint density at radius 2 is 2.00 bits per heavy atom. The first kappa shape index (κ1) is 16.5. The lowest BCUT2D eigenvalue weighted by Gasteiger charge is -2.27. The Kier molecular flexibility index (Phi) is 4.74. The molecule has 23 heavy (non-hydrogen) atoms. The van der Waals surface area contributed by atoms with Crippen molar-refractivity contribution in [3.8, 4) is 5.69 Å². The van der Waals surface area contributed by atoms with E-state index in [1.807, 2.05) is 6.07 Å². The second-order valence-corrected chi connectivity index (χ2v) is 8.47. The minimum atomic E-state index is -3.66. The van der Waals surface area contributed by atoms with Crippen LogP contribution in [0.3, 0.4) is 0 Å². The summed E-state index contributed by atoms with van der Waals surface area (Å²) < 4.78 is 30.3. The van der Waals surface area contributed by atoms with E-state index in [0.717, 1.165) is 17.3 Å². The topological polar surface area (TPSA) is 84.2 Å². The van der Waals surface area contributed by atoms with Gasteiger partial charge in [0.1, 0.15) is 5.25 Å². The molecule has 1 saturated carbocycles. The molecule has 8 heteroatoms. The summed E-state index contributed by atoms with van der Waals surface area (Å²) >= 11 is 3.33. The molecule has 1 aliphatic rings. The number of anilines is 1. The van der Waals surface area contributed by atoms with Gasteiger partial charge in [-0.3, -0.25) is 4.72 Å². The molecule has 1 aliphatic carbocycles. The molecule has 2 N–H and O–H groups in total. The van der Waals surface area contributed by atoms with Crippen LogP contribution in [0.1, 0.15) is 25.7 Å². The van der Waals surface area contributed by atoms with Gasteiger partial charge in [-0.2, -0.15) is 5.10 Å². The number of sulfonamides is 1. The number of para-hydroxylation sites is 2. The molecule has 0 aliphatic heterocycles. The predicted octanol–water partition coefficient (Wildman–Crippen LogP) is 2.68. The second kappa shape index (κ2) is 6.62. The number of aliphatic hydroxyl groups excluding tert-OH is 1. The molecule has 1 fully saturated rings. The van der Waals surface area contributed by atoms with Gasteiger partial charge in [0.25, 0.3) is 0 Å². The van der Waals surface area contributed by atoms with Crippen molar-refractivity contribution in [3.63, 3.8) is 0 Å². The van der Waals surface area contributed by atoms with Crippen LogP contribution in [0.2, 0.25) is 0 Å². The second-order valence-electron chi connectivity index (χ2n) is 5.66. The zero-order valence-corrected chi connectivity index (χ0v) is 14.8. The van der Waals surface area contributed by atoms with E-state index < -0.39 is 21.4 Å². The van der Waals surface area contributed by atoms with Crippen LogP contribution in [-0.2, 0) is 10.0 Å². The van der Waals surface area contributed by atoms with Crippen molar-refractivity contribution in [1.82, 2.24) is 9.78 Å². The lowest BCUT2D eigenvalue weighted by atomic mass is 9.97. The van der Waals surface area contributed by atoms with Gasteiger partial charge in [-0.1, -0.05) is 25.0 Å². The molecule has 0 radical (unpaired) electrons. The van der Waals surface area contributed by atoms with Gasteiger partial charge >= 0.3 is 0 Å². The lowest BCUT2D eigenvalue weighted by Crippen LogP contribution is -2.40. The Balaban J connectivity index is 1.91. The molecule has 1 aromatic heterocycles. The Morgan fingerprint density at radius 3 is 2.70 bits per heavy atom. The predicted molar refractivity (Wildman–Crippen MR) is 92.1 cm³/mol. The lowest BCUT2D eigenvalue weighted by molar-refractivity contribution is 0.133. The van der Waals surface area contributed by atoms with E-state index in [1.165, 1.54) is 0 Å². The van der Waals surface area contributed by atoms with Crippen LogP contribution < -0.4 is 4.72 Å². The number of rotatable bonds is 4. The van der Waals surface area contributed by atoms with Gasteiger partial charge in [0, 0.05) is 6.20 Å². The maximum atomic E-state index is 12.6. The molecule has 0 saturated heterocycles. The van der Waals surface area contributed by atoms with Crippen LogP contribution in [0.15, 0.2) is 41.1 Å². The average Bonchev–Trinajstić information content (AvgIpc) is 2.94. The Labute approximate surface area is 143 Å². The molecule has 1 aromatic carbocycles. The van der Waals surface area contributed by atoms with Crippen LogP contribution in [0, 0.1) is 0 Å². The summed E-state index contributed by atoms with van der Waals surface area (Å²) in [6.45, 7) is 0. The van der Waals surface area contributed by atoms with Crippen LogP contribution in [0.4, 0.5) is 5.69 Å². The zero-order chi connectivity index (χ0) is 16.4. The van der Waals surface area contributed by atoms with Gasteiger partial charge in [0.05, 0.1) is 28.1 Å². The quantitative estimate of drug-likeness (QED) is 0.827. The molecule has 1 heterocycles. The van der Waals surface area contributed by atoms with E-state index in [9.17, 15) is 13.5 Å². The Morgan fingerprint density at radius 1 is 1.26 bits per heavy atom. The third kappa shape index (κ3) is 3.59. The summed E-state index contributed by atoms with van der Waals surface area (Å²) in [5.74, 6) is 0. The third-order valence-electron chi connectivity index (χ3n) is 4.02. The fraction of sp³-hybridized carbons (Fsp3) is 0.400. The first-order chi connectivity index (χ1) is 11.0. The minimum absolute atomic E-state index is 0.445. The van der Waals surface area contributed by atoms with Crippen molar-refractivity contribution >= 4 is 31.6 Å². The summed E-state index contributed by atoms with van der Waals surface area (Å²) in [7, 11) is -3.66. The fourth-order valence-corrected chi connectivity index (χ4v) is 4.80. The summed E-state index contributed by atoms with van der Waals surface area (Å²) in [4.78, 5) is 0. The van der Waals surface area contributed by atoms with E-state index in [-0.39, 0.29) is 0 Å². The maximum absolute atomic E-state index is 12.6. The van der Waals surface area contributed by atoms with Crippen LogP contribution in [0.25, 0.3) is 5.69 Å². The summed E-state index contributed by atoms with van der Waals surface area (Å²) in [6.07, 6.45) is 5.26. The first-order valence-electron chi connectivity index (χ1n) is 7.46. The van der Waals surface area contributed by atoms with Crippen molar-refractivity contribution in [2.45, 2.75) is 37.0 Å². The molecular formula is C15H18BrN3O3S. The van der Waals surface area contributed by atoms with E-state index in [2.05, 4.69) is 25.8 Å². The van der Waals surface area contributed by atoms with Crippen molar-refractivity contribution < 1.29 is 13.5 Å². The van der Waals surface area contributed by atoms with E-state index in [1.54, 1.807) is 35.3 Å². The van der Waals surface area contributed by atoms with Gasteiger partial charge in [0.15, 0.2) is 0 Å². The van der Waals surface area contributed by atoms with Gasteiger partial charge in [-0.05, 0) is 40.9 Å². The highest BCUT2D eigenvalue weighted by Crippen LogP contribution is 2.28. The standard InChI is InChI=1S/C15H18BrN3O3S/c16-11-9-17-19(10-11)13-6-2-1-5-12(13)18-23(21,22)15-8-4-3-7-14(15)20/h1-2,5-6,9-10,14-15,18,20H,3-4,7-8H2. The van der Waals surface area contributed by atoms with E-state index in [0.29, 0.717) is 24.2 Å². The number of hydrogen-bond donors (Lipinski definition) is 2. The number of hydrogen-bond acceptors (Lipinski definition) is 4. The number of aliphatic hydroxyl groups is 1. The molecular weight excluding hydrogens is 382 g/mol. The molecule has 2 aromatic rings.